The molecule has 1 heterocycles. The minimum atomic E-state index is -1.05. The highest BCUT2D eigenvalue weighted by atomic mass is 35.5. The first-order valence-corrected chi connectivity index (χ1v) is 11.1. The van der Waals surface area contributed by atoms with Gasteiger partial charge >= 0.3 is 5.97 Å². The zero-order valence-electron chi connectivity index (χ0n) is 19.4. The average molecular weight is 527 g/mol. The van der Waals surface area contributed by atoms with Gasteiger partial charge in [-0.25, -0.2) is 4.79 Å². The van der Waals surface area contributed by atoms with Crippen molar-refractivity contribution in [2.75, 3.05) is 13.1 Å². The maximum Gasteiger partial charge on any atom is 0.339 e. The summed E-state index contributed by atoms with van der Waals surface area (Å²) in [6.45, 7) is 1.25. The number of carbonyl (C=O) groups is 1. The van der Waals surface area contributed by atoms with E-state index in [1.54, 1.807) is 42.7 Å². The van der Waals surface area contributed by atoms with Gasteiger partial charge in [0.05, 0.1) is 12.3 Å². The smallest absolute Gasteiger partial charge is 0.339 e. The molecule has 3 N–H and O–H groups in total. The van der Waals surface area contributed by atoms with Crippen molar-refractivity contribution in [3.63, 3.8) is 0 Å². The lowest BCUT2D eigenvalue weighted by Crippen LogP contribution is -2.23. The summed E-state index contributed by atoms with van der Waals surface area (Å²) in [5, 5.41) is 23.1. The number of carboxylic acids is 1. The fraction of sp³-hybridized carbons (Fsp3) is 0.143. The molecule has 0 aliphatic rings. The lowest BCUT2D eigenvalue weighted by Gasteiger charge is -2.13. The van der Waals surface area contributed by atoms with Crippen molar-refractivity contribution in [3.05, 3.63) is 114 Å². The van der Waals surface area contributed by atoms with E-state index in [2.05, 4.69) is 22.4 Å². The number of carboxylic acid groups (broad SMARTS) is 1. The van der Waals surface area contributed by atoms with Gasteiger partial charge in [-0.05, 0) is 59.5 Å². The van der Waals surface area contributed by atoms with Gasteiger partial charge in [0.2, 0.25) is 0 Å². The summed E-state index contributed by atoms with van der Waals surface area (Å²) in [6.07, 6.45) is 3.47. The minimum Gasteiger partial charge on any atom is -0.478 e. The van der Waals surface area contributed by atoms with Gasteiger partial charge in [-0.2, -0.15) is 0 Å². The molecule has 0 saturated carbocycles. The standard InChI is InChI=1S/C28H26N2O4.2ClH/c31-26(22-5-2-1-3-6-22)19-30-16-14-20-8-10-21(11-9-20)23-12-13-25(28(32)33)27(17-23)34-24-7-4-15-29-18-24;;/h1-13,15,17-18,26,30-31H,14,16,19H2,(H,32,33);2*1H/t26-;;/m1../s1. The Morgan fingerprint density at radius 2 is 1.64 bits per heavy atom. The van der Waals surface area contributed by atoms with E-state index in [0.29, 0.717) is 12.3 Å². The number of aliphatic hydroxyl groups is 1. The van der Waals surface area contributed by atoms with Gasteiger partial charge in [0.15, 0.2) is 0 Å². The number of nitrogens with one attached hydrogen (secondary N) is 1. The number of hydrogen-bond acceptors (Lipinski definition) is 5. The molecule has 0 unspecified atom stereocenters. The molecule has 0 fully saturated rings. The first-order chi connectivity index (χ1) is 16.6. The van der Waals surface area contributed by atoms with Crippen LogP contribution in [0.15, 0.2) is 97.3 Å². The van der Waals surface area contributed by atoms with Crippen LogP contribution < -0.4 is 10.1 Å². The predicted molar refractivity (Wildman–Crippen MR) is 146 cm³/mol. The molecule has 0 aliphatic carbocycles. The fourth-order valence-corrected chi connectivity index (χ4v) is 3.63. The first kappa shape index (κ1) is 28.8. The van der Waals surface area contributed by atoms with Gasteiger partial charge in [-0.1, -0.05) is 60.7 Å². The highest BCUT2D eigenvalue weighted by Gasteiger charge is 2.14. The molecule has 8 heteroatoms. The van der Waals surface area contributed by atoms with Crippen molar-refractivity contribution in [1.29, 1.82) is 0 Å². The van der Waals surface area contributed by atoms with Gasteiger partial charge in [0, 0.05) is 12.7 Å². The van der Waals surface area contributed by atoms with Crippen LogP contribution in [0.5, 0.6) is 11.5 Å². The Labute approximate surface area is 222 Å². The number of pyridine rings is 1. The number of halogens is 2. The molecular formula is C28H28Cl2N2O4. The predicted octanol–water partition coefficient (Wildman–Crippen LogP) is 5.95. The number of aliphatic hydroxyl groups excluding tert-OH is 1. The van der Waals surface area contributed by atoms with Crippen molar-refractivity contribution in [1.82, 2.24) is 10.3 Å². The zero-order chi connectivity index (χ0) is 23.8. The summed E-state index contributed by atoms with van der Waals surface area (Å²) >= 11 is 0. The Hall–Kier alpha value is -3.42. The summed E-state index contributed by atoms with van der Waals surface area (Å²) in [7, 11) is 0. The Morgan fingerprint density at radius 1 is 0.917 bits per heavy atom. The number of aromatic nitrogens is 1. The molecule has 1 atom stereocenters. The molecule has 0 radical (unpaired) electrons. The Balaban J connectivity index is 0.00000228. The third-order valence-electron chi connectivity index (χ3n) is 5.47. The monoisotopic (exact) mass is 526 g/mol. The van der Waals surface area contributed by atoms with Crippen LogP contribution in [-0.4, -0.2) is 34.3 Å². The second kappa shape index (κ2) is 14.2. The lowest BCUT2D eigenvalue weighted by atomic mass is 10.0. The lowest BCUT2D eigenvalue weighted by molar-refractivity contribution is 0.0694. The maximum absolute atomic E-state index is 11.6. The van der Waals surface area contributed by atoms with Crippen molar-refractivity contribution in [2.45, 2.75) is 12.5 Å². The van der Waals surface area contributed by atoms with Gasteiger partial charge in [-0.15, -0.1) is 24.8 Å². The normalized spacial score (nSPS) is 11.0. The Morgan fingerprint density at radius 3 is 2.31 bits per heavy atom. The summed E-state index contributed by atoms with van der Waals surface area (Å²) in [5.41, 5.74) is 3.98. The van der Waals surface area contributed by atoms with E-state index in [1.165, 1.54) is 5.56 Å². The molecule has 188 valence electrons. The van der Waals surface area contributed by atoms with Crippen LogP contribution in [0.4, 0.5) is 0 Å². The summed E-state index contributed by atoms with van der Waals surface area (Å²) in [6, 6.07) is 26.3. The topological polar surface area (TPSA) is 91.7 Å². The summed E-state index contributed by atoms with van der Waals surface area (Å²) in [5.74, 6) is -0.309. The second-order valence-electron chi connectivity index (χ2n) is 7.88. The van der Waals surface area contributed by atoms with Crippen LogP contribution in [0.3, 0.4) is 0 Å². The number of benzene rings is 3. The Bertz CT molecular complexity index is 1220. The van der Waals surface area contributed by atoms with E-state index in [-0.39, 0.29) is 36.1 Å². The molecule has 0 aliphatic heterocycles. The van der Waals surface area contributed by atoms with Crippen LogP contribution in [0.2, 0.25) is 0 Å². The number of hydrogen-bond donors (Lipinski definition) is 3. The van der Waals surface area contributed by atoms with Gasteiger partial charge < -0.3 is 20.3 Å². The van der Waals surface area contributed by atoms with Crippen LogP contribution in [-0.2, 0) is 6.42 Å². The maximum atomic E-state index is 11.6. The van der Waals surface area contributed by atoms with Gasteiger partial charge in [0.25, 0.3) is 0 Å². The molecule has 0 spiro atoms. The molecule has 4 rings (SSSR count). The third-order valence-corrected chi connectivity index (χ3v) is 5.47. The van der Waals surface area contributed by atoms with Crippen LogP contribution in [0.1, 0.15) is 27.6 Å². The highest BCUT2D eigenvalue weighted by Crippen LogP contribution is 2.31. The number of rotatable bonds is 10. The molecule has 0 amide bonds. The molecular weight excluding hydrogens is 499 g/mol. The molecule has 0 bridgehead atoms. The van der Waals surface area contributed by atoms with Crippen molar-refractivity contribution >= 4 is 30.8 Å². The van der Waals surface area contributed by atoms with E-state index in [1.807, 2.05) is 42.5 Å². The number of ether oxygens (including phenoxy) is 1. The van der Waals surface area contributed by atoms with Crippen molar-refractivity contribution < 1.29 is 19.7 Å². The average Bonchev–Trinajstić information content (AvgIpc) is 2.88. The second-order valence-corrected chi connectivity index (χ2v) is 7.88. The molecule has 4 aromatic rings. The van der Waals surface area contributed by atoms with Crippen molar-refractivity contribution in [3.8, 4) is 22.6 Å². The fourth-order valence-electron chi connectivity index (χ4n) is 3.63. The SMILES string of the molecule is Cl.Cl.O=C(O)c1ccc(-c2ccc(CCNC[C@@H](O)c3ccccc3)cc2)cc1Oc1cccnc1. The van der Waals surface area contributed by atoms with E-state index >= 15 is 0 Å². The highest BCUT2D eigenvalue weighted by molar-refractivity contribution is 5.92. The molecule has 0 saturated heterocycles. The molecule has 36 heavy (non-hydrogen) atoms. The largest absolute Gasteiger partial charge is 0.478 e. The molecule has 3 aromatic carbocycles. The van der Waals surface area contributed by atoms with E-state index in [0.717, 1.165) is 29.7 Å². The minimum absolute atomic E-state index is 0. The Kier molecular flexibility index (Phi) is 11.4. The van der Waals surface area contributed by atoms with E-state index in [4.69, 9.17) is 4.74 Å². The first-order valence-electron chi connectivity index (χ1n) is 11.1. The number of aromatic carboxylic acids is 1. The van der Waals surface area contributed by atoms with Crippen LogP contribution in [0.25, 0.3) is 11.1 Å². The van der Waals surface area contributed by atoms with Gasteiger partial charge in [0.1, 0.15) is 17.1 Å². The molecule has 6 nitrogen and oxygen atoms in total. The third kappa shape index (κ3) is 7.80. The summed E-state index contributed by atoms with van der Waals surface area (Å²) in [4.78, 5) is 15.6. The van der Waals surface area contributed by atoms with E-state index < -0.39 is 12.1 Å². The quantitative estimate of drug-likeness (QED) is 0.221. The van der Waals surface area contributed by atoms with Gasteiger partial charge in [-0.3, -0.25) is 4.98 Å². The zero-order valence-corrected chi connectivity index (χ0v) is 21.0. The van der Waals surface area contributed by atoms with Crippen LogP contribution in [0, 0.1) is 0 Å². The summed E-state index contributed by atoms with van der Waals surface area (Å²) < 4.78 is 5.80. The van der Waals surface area contributed by atoms with E-state index in [9.17, 15) is 15.0 Å². The van der Waals surface area contributed by atoms with Crippen LogP contribution >= 0.6 is 24.8 Å². The van der Waals surface area contributed by atoms with Crippen molar-refractivity contribution in [2.24, 2.45) is 0 Å². The molecule has 1 aromatic heterocycles. The number of nitrogens with zero attached hydrogens (tertiary/aromatic N) is 1.